The number of hydrogen-bond donors (Lipinski definition) is 1. The zero-order valence-electron chi connectivity index (χ0n) is 14.1. The molecule has 0 aliphatic rings. The number of aliphatic hydroxyl groups is 1. The lowest BCUT2D eigenvalue weighted by Crippen LogP contribution is -2.25. The van der Waals surface area contributed by atoms with E-state index in [4.69, 9.17) is 25.4 Å². The Morgan fingerprint density at radius 2 is 1.00 bits per heavy atom. The van der Waals surface area contributed by atoms with Gasteiger partial charge in [0.05, 0.1) is 28.4 Å². The minimum absolute atomic E-state index is 0.441. The second-order valence-corrected chi connectivity index (χ2v) is 5.06. The number of rotatable bonds is 6. The highest BCUT2D eigenvalue weighted by molar-refractivity contribution is 5.53. The molecular formula is C19H20O5. The van der Waals surface area contributed by atoms with Crippen molar-refractivity contribution in [3.63, 3.8) is 0 Å². The third kappa shape index (κ3) is 3.24. The fourth-order valence-electron chi connectivity index (χ4n) is 2.37. The normalized spacial score (nSPS) is 10.7. The number of methoxy groups -OCH3 is 4. The first kappa shape index (κ1) is 17.5. The smallest absolute Gasteiger partial charge is 0.177 e. The summed E-state index contributed by atoms with van der Waals surface area (Å²) < 4.78 is 21.0. The molecule has 24 heavy (non-hydrogen) atoms. The third-order valence-corrected chi connectivity index (χ3v) is 3.75. The lowest BCUT2D eigenvalue weighted by atomic mass is 9.86. The summed E-state index contributed by atoms with van der Waals surface area (Å²) >= 11 is 0. The van der Waals surface area contributed by atoms with Gasteiger partial charge in [-0.25, -0.2) is 0 Å². The van der Waals surface area contributed by atoms with Crippen LogP contribution in [0, 0.1) is 12.3 Å². The van der Waals surface area contributed by atoms with Crippen molar-refractivity contribution in [3.8, 4) is 35.3 Å². The zero-order valence-corrected chi connectivity index (χ0v) is 14.1. The fraction of sp³-hybridized carbons (Fsp3) is 0.263. The highest BCUT2D eigenvalue weighted by Crippen LogP contribution is 2.37. The molecule has 0 atom stereocenters. The van der Waals surface area contributed by atoms with Gasteiger partial charge in [0.15, 0.2) is 5.60 Å². The van der Waals surface area contributed by atoms with Crippen LogP contribution < -0.4 is 18.9 Å². The van der Waals surface area contributed by atoms with E-state index in [0.717, 1.165) is 0 Å². The van der Waals surface area contributed by atoms with Crippen LogP contribution in [-0.4, -0.2) is 33.5 Å². The highest BCUT2D eigenvalue weighted by atomic mass is 16.5. The Kier molecular flexibility index (Phi) is 5.22. The van der Waals surface area contributed by atoms with Gasteiger partial charge in [0.25, 0.3) is 0 Å². The van der Waals surface area contributed by atoms with Crippen molar-refractivity contribution >= 4 is 0 Å². The van der Waals surface area contributed by atoms with Crippen LogP contribution in [-0.2, 0) is 5.60 Å². The van der Waals surface area contributed by atoms with E-state index in [9.17, 15) is 5.11 Å². The van der Waals surface area contributed by atoms with Crippen molar-refractivity contribution in [1.29, 1.82) is 0 Å². The molecule has 0 aromatic heterocycles. The predicted molar refractivity (Wildman–Crippen MR) is 90.9 cm³/mol. The van der Waals surface area contributed by atoms with Crippen LogP contribution in [0.4, 0.5) is 0 Å². The molecule has 0 spiro atoms. The molecule has 2 rings (SSSR count). The minimum Gasteiger partial charge on any atom is -0.497 e. The molecule has 0 heterocycles. The maximum Gasteiger partial charge on any atom is 0.177 e. The Morgan fingerprint density at radius 3 is 1.21 bits per heavy atom. The van der Waals surface area contributed by atoms with Crippen LogP contribution in [0.2, 0.25) is 0 Å². The maximum atomic E-state index is 11.2. The lowest BCUT2D eigenvalue weighted by Gasteiger charge is -2.25. The summed E-state index contributed by atoms with van der Waals surface area (Å²) in [6.45, 7) is 0. The Hall–Kier alpha value is -2.84. The topological polar surface area (TPSA) is 57.2 Å². The van der Waals surface area contributed by atoms with Crippen molar-refractivity contribution in [2.45, 2.75) is 5.60 Å². The summed E-state index contributed by atoms with van der Waals surface area (Å²) in [5.41, 5.74) is -0.822. The summed E-state index contributed by atoms with van der Waals surface area (Å²) in [4.78, 5) is 0. The molecule has 5 nitrogen and oxygen atoms in total. The molecule has 0 aliphatic carbocycles. The summed E-state index contributed by atoms with van der Waals surface area (Å²) in [5, 5.41) is 11.2. The molecule has 0 saturated heterocycles. The molecule has 0 fully saturated rings. The van der Waals surface area contributed by atoms with E-state index in [-0.39, 0.29) is 0 Å². The van der Waals surface area contributed by atoms with Gasteiger partial charge in [-0.1, -0.05) is 5.92 Å². The lowest BCUT2D eigenvalue weighted by molar-refractivity contribution is 0.144. The standard InChI is InChI=1S/C19H20O5/c1-6-19(20,13-7-15(21-2)11-16(8-13)22-3)14-9-17(23-4)12-18(10-14)24-5/h1,7-12,20H,2-5H3. The van der Waals surface area contributed by atoms with Crippen molar-refractivity contribution in [2.24, 2.45) is 0 Å². The third-order valence-electron chi connectivity index (χ3n) is 3.75. The van der Waals surface area contributed by atoms with E-state index in [2.05, 4.69) is 5.92 Å². The molecule has 5 heteroatoms. The average molecular weight is 328 g/mol. The quantitative estimate of drug-likeness (QED) is 0.826. The molecule has 0 amide bonds. The minimum atomic E-state index is -1.70. The van der Waals surface area contributed by atoms with Gasteiger partial charge in [0, 0.05) is 23.3 Å². The average Bonchev–Trinajstić information content (AvgIpc) is 2.66. The highest BCUT2D eigenvalue weighted by Gasteiger charge is 2.31. The van der Waals surface area contributed by atoms with Crippen molar-refractivity contribution in [1.82, 2.24) is 0 Å². The van der Waals surface area contributed by atoms with Gasteiger partial charge in [0.1, 0.15) is 23.0 Å². The van der Waals surface area contributed by atoms with E-state index in [1.165, 1.54) is 28.4 Å². The van der Waals surface area contributed by atoms with Crippen LogP contribution in [0.25, 0.3) is 0 Å². The van der Waals surface area contributed by atoms with Crippen LogP contribution in [0.1, 0.15) is 11.1 Å². The molecule has 126 valence electrons. The van der Waals surface area contributed by atoms with Crippen molar-refractivity contribution in [3.05, 3.63) is 47.5 Å². The van der Waals surface area contributed by atoms with Gasteiger partial charge >= 0.3 is 0 Å². The van der Waals surface area contributed by atoms with Crippen LogP contribution >= 0.6 is 0 Å². The first-order chi connectivity index (χ1) is 11.5. The van der Waals surface area contributed by atoms with Crippen LogP contribution in [0.5, 0.6) is 23.0 Å². The first-order valence-corrected chi connectivity index (χ1v) is 7.18. The Balaban J connectivity index is 2.67. The molecule has 1 N–H and O–H groups in total. The summed E-state index contributed by atoms with van der Waals surface area (Å²) in [5.74, 6) is 4.53. The molecule has 0 radical (unpaired) electrons. The summed E-state index contributed by atoms with van der Waals surface area (Å²) in [6, 6.07) is 10.0. The molecule has 2 aromatic carbocycles. The van der Waals surface area contributed by atoms with Gasteiger partial charge in [-0.2, -0.15) is 0 Å². The number of benzene rings is 2. The second-order valence-electron chi connectivity index (χ2n) is 5.06. The van der Waals surface area contributed by atoms with Crippen molar-refractivity contribution < 1.29 is 24.1 Å². The molecular weight excluding hydrogens is 308 g/mol. The van der Waals surface area contributed by atoms with E-state index in [1.54, 1.807) is 36.4 Å². The second kappa shape index (κ2) is 7.16. The fourth-order valence-corrected chi connectivity index (χ4v) is 2.37. The van der Waals surface area contributed by atoms with Gasteiger partial charge in [-0.05, 0) is 24.3 Å². The van der Waals surface area contributed by atoms with Crippen LogP contribution in [0.15, 0.2) is 36.4 Å². The predicted octanol–water partition coefficient (Wildman–Crippen LogP) is 2.59. The molecule has 0 saturated carbocycles. The number of terminal acetylenes is 1. The first-order valence-electron chi connectivity index (χ1n) is 7.18. The van der Waals surface area contributed by atoms with Gasteiger partial charge < -0.3 is 24.1 Å². The number of hydrogen-bond acceptors (Lipinski definition) is 5. The van der Waals surface area contributed by atoms with E-state index >= 15 is 0 Å². The SMILES string of the molecule is C#CC(O)(c1cc(OC)cc(OC)c1)c1cc(OC)cc(OC)c1. The van der Waals surface area contributed by atoms with Gasteiger partial charge in [-0.3, -0.25) is 0 Å². The van der Waals surface area contributed by atoms with Gasteiger partial charge in [-0.15, -0.1) is 6.42 Å². The molecule has 0 aliphatic heterocycles. The summed E-state index contributed by atoms with van der Waals surface area (Å²) in [6.07, 6.45) is 5.67. The monoisotopic (exact) mass is 328 g/mol. The van der Waals surface area contributed by atoms with Gasteiger partial charge in [0.2, 0.25) is 0 Å². The largest absolute Gasteiger partial charge is 0.497 e. The molecule has 0 bridgehead atoms. The molecule has 0 unspecified atom stereocenters. The maximum absolute atomic E-state index is 11.2. The van der Waals surface area contributed by atoms with E-state index in [1.807, 2.05) is 0 Å². The van der Waals surface area contributed by atoms with Crippen molar-refractivity contribution in [2.75, 3.05) is 28.4 Å². The Bertz CT molecular complexity index is 661. The van der Waals surface area contributed by atoms with E-state index in [0.29, 0.717) is 34.1 Å². The van der Waals surface area contributed by atoms with E-state index < -0.39 is 5.60 Å². The number of ether oxygens (including phenoxy) is 4. The summed E-state index contributed by atoms with van der Waals surface area (Å²) in [7, 11) is 6.12. The molecule has 2 aromatic rings. The van der Waals surface area contributed by atoms with Crippen LogP contribution in [0.3, 0.4) is 0 Å². The Morgan fingerprint density at radius 1 is 0.708 bits per heavy atom. The Labute approximate surface area is 141 Å². The zero-order chi connectivity index (χ0) is 17.7.